The van der Waals surface area contributed by atoms with Crippen LogP contribution < -0.4 is 9.62 Å². The number of methoxy groups -OCH3 is 1. The van der Waals surface area contributed by atoms with Gasteiger partial charge in [-0.15, -0.1) is 0 Å². The average molecular weight is 358 g/mol. The molecule has 1 atom stereocenters. The van der Waals surface area contributed by atoms with Gasteiger partial charge < -0.3 is 19.5 Å². The van der Waals surface area contributed by atoms with E-state index in [4.69, 9.17) is 9.47 Å². The Labute approximate surface area is 141 Å². The van der Waals surface area contributed by atoms with Gasteiger partial charge in [0.1, 0.15) is 0 Å². The Bertz CT molecular complexity index is 685. The molecular formula is C15H22N2O6S. The summed E-state index contributed by atoms with van der Waals surface area (Å²) in [6.07, 6.45) is 0. The molecule has 0 saturated carbocycles. The van der Waals surface area contributed by atoms with Gasteiger partial charge in [-0.05, 0) is 25.1 Å². The van der Waals surface area contributed by atoms with Gasteiger partial charge in [0.25, 0.3) is 0 Å². The minimum atomic E-state index is -3.82. The molecular weight excluding hydrogens is 336 g/mol. The first-order valence-corrected chi connectivity index (χ1v) is 9.05. The number of benzene rings is 1. The molecule has 8 nitrogen and oxygen atoms in total. The summed E-state index contributed by atoms with van der Waals surface area (Å²) >= 11 is 0. The number of nitrogens with zero attached hydrogens (tertiary/aromatic N) is 1. The van der Waals surface area contributed by atoms with Crippen LogP contribution in [0.5, 0.6) is 0 Å². The van der Waals surface area contributed by atoms with Crippen molar-refractivity contribution in [3.63, 3.8) is 0 Å². The Balaban J connectivity index is 2.32. The molecule has 0 bridgehead atoms. The maximum atomic E-state index is 12.4. The highest BCUT2D eigenvalue weighted by molar-refractivity contribution is 7.89. The SMILES string of the molecule is COC[C@H](C)NS(=O)(=O)c1ccc(N2CCOCC2)c(C(=O)O)c1. The molecule has 1 saturated heterocycles. The van der Waals surface area contributed by atoms with Gasteiger partial charge in [0.2, 0.25) is 10.0 Å². The summed E-state index contributed by atoms with van der Waals surface area (Å²) in [5.41, 5.74) is 0.453. The van der Waals surface area contributed by atoms with E-state index >= 15 is 0 Å². The number of aromatic carboxylic acids is 1. The molecule has 1 aliphatic heterocycles. The van der Waals surface area contributed by atoms with Crippen LogP contribution in [0.3, 0.4) is 0 Å². The van der Waals surface area contributed by atoms with Gasteiger partial charge in [0.05, 0.1) is 36.0 Å². The Hall–Kier alpha value is -1.68. The summed E-state index contributed by atoms with van der Waals surface area (Å²) in [5, 5.41) is 9.46. The van der Waals surface area contributed by atoms with Gasteiger partial charge in [-0.1, -0.05) is 0 Å². The number of carboxylic acids is 1. The zero-order valence-electron chi connectivity index (χ0n) is 13.7. The molecule has 1 aromatic rings. The summed E-state index contributed by atoms with van der Waals surface area (Å²) in [6, 6.07) is 3.71. The van der Waals surface area contributed by atoms with E-state index in [1.54, 1.807) is 6.92 Å². The molecule has 0 unspecified atom stereocenters. The number of carboxylic acid groups (broad SMARTS) is 1. The fourth-order valence-electron chi connectivity index (χ4n) is 2.55. The minimum absolute atomic E-state index is 0.0424. The summed E-state index contributed by atoms with van der Waals surface area (Å²) in [7, 11) is -2.35. The smallest absolute Gasteiger partial charge is 0.337 e. The van der Waals surface area contributed by atoms with E-state index in [1.807, 2.05) is 4.90 Å². The predicted molar refractivity (Wildman–Crippen MR) is 88.1 cm³/mol. The minimum Gasteiger partial charge on any atom is -0.478 e. The van der Waals surface area contributed by atoms with E-state index in [9.17, 15) is 18.3 Å². The Morgan fingerprint density at radius 3 is 2.67 bits per heavy atom. The standard InChI is InChI=1S/C15H22N2O6S/c1-11(10-22-2)16-24(20,21)12-3-4-14(13(9-12)15(18)19)17-5-7-23-8-6-17/h3-4,9,11,16H,5-8,10H2,1-2H3,(H,18,19)/t11-/m0/s1. The quantitative estimate of drug-likeness (QED) is 0.733. The van der Waals surface area contributed by atoms with Crippen molar-refractivity contribution in [2.24, 2.45) is 0 Å². The van der Waals surface area contributed by atoms with Crippen molar-refractivity contribution in [3.05, 3.63) is 23.8 Å². The molecule has 24 heavy (non-hydrogen) atoms. The number of sulfonamides is 1. The zero-order valence-corrected chi connectivity index (χ0v) is 14.5. The van der Waals surface area contributed by atoms with Gasteiger partial charge >= 0.3 is 5.97 Å². The van der Waals surface area contributed by atoms with Crippen LogP contribution in [-0.2, 0) is 19.5 Å². The van der Waals surface area contributed by atoms with Gasteiger partial charge in [-0.25, -0.2) is 17.9 Å². The molecule has 0 amide bonds. The van der Waals surface area contributed by atoms with Crippen LogP contribution in [0.15, 0.2) is 23.1 Å². The molecule has 1 heterocycles. The Morgan fingerprint density at radius 1 is 1.42 bits per heavy atom. The van der Waals surface area contributed by atoms with Crippen LogP contribution in [0, 0.1) is 0 Å². The van der Waals surface area contributed by atoms with Crippen molar-refractivity contribution in [2.45, 2.75) is 17.9 Å². The molecule has 0 aromatic heterocycles. The summed E-state index contributed by atoms with van der Waals surface area (Å²) in [4.78, 5) is 13.4. The molecule has 0 spiro atoms. The van der Waals surface area contributed by atoms with E-state index in [0.29, 0.717) is 32.0 Å². The highest BCUT2D eigenvalue weighted by Crippen LogP contribution is 2.25. The highest BCUT2D eigenvalue weighted by Gasteiger charge is 2.23. The summed E-state index contributed by atoms with van der Waals surface area (Å²) in [5.74, 6) is -1.17. The van der Waals surface area contributed by atoms with Crippen molar-refractivity contribution in [1.29, 1.82) is 0 Å². The number of hydrogen-bond donors (Lipinski definition) is 2. The van der Waals surface area contributed by atoms with Gasteiger partial charge in [0.15, 0.2) is 0 Å². The molecule has 1 aromatic carbocycles. The number of morpholine rings is 1. The lowest BCUT2D eigenvalue weighted by Gasteiger charge is -2.30. The topological polar surface area (TPSA) is 105 Å². The zero-order chi connectivity index (χ0) is 17.7. The molecule has 2 N–H and O–H groups in total. The second kappa shape index (κ2) is 7.93. The van der Waals surface area contributed by atoms with Crippen LogP contribution in [0.25, 0.3) is 0 Å². The van der Waals surface area contributed by atoms with Crippen LogP contribution >= 0.6 is 0 Å². The molecule has 0 aliphatic carbocycles. The number of carbonyl (C=O) groups is 1. The third-order valence-electron chi connectivity index (χ3n) is 3.63. The van der Waals surface area contributed by atoms with Crippen LogP contribution in [0.4, 0.5) is 5.69 Å². The van der Waals surface area contributed by atoms with Crippen molar-refractivity contribution in [1.82, 2.24) is 4.72 Å². The van der Waals surface area contributed by atoms with Gasteiger partial charge in [-0.2, -0.15) is 0 Å². The predicted octanol–water partition coefficient (Wildman–Crippen LogP) is 0.535. The first-order chi connectivity index (χ1) is 11.3. The van der Waals surface area contributed by atoms with Crippen molar-refractivity contribution >= 4 is 21.7 Å². The monoisotopic (exact) mass is 358 g/mol. The third kappa shape index (κ3) is 4.44. The van der Waals surface area contributed by atoms with E-state index in [-0.39, 0.29) is 17.1 Å². The van der Waals surface area contributed by atoms with Crippen molar-refractivity contribution in [2.75, 3.05) is 44.9 Å². The maximum absolute atomic E-state index is 12.4. The molecule has 1 aliphatic rings. The molecule has 0 radical (unpaired) electrons. The van der Waals surface area contributed by atoms with E-state index in [0.717, 1.165) is 0 Å². The molecule has 1 fully saturated rings. The number of hydrogen-bond acceptors (Lipinski definition) is 6. The van der Waals surface area contributed by atoms with E-state index < -0.39 is 22.0 Å². The lowest BCUT2D eigenvalue weighted by atomic mass is 10.1. The normalized spacial score (nSPS) is 16.8. The number of nitrogens with one attached hydrogen (secondary N) is 1. The molecule has 2 rings (SSSR count). The Kier molecular flexibility index (Phi) is 6.16. The summed E-state index contributed by atoms with van der Waals surface area (Å²) in [6.45, 7) is 4.04. The Morgan fingerprint density at radius 2 is 2.08 bits per heavy atom. The number of ether oxygens (including phenoxy) is 2. The van der Waals surface area contributed by atoms with Crippen LogP contribution in [-0.4, -0.2) is 65.6 Å². The van der Waals surface area contributed by atoms with Crippen molar-refractivity contribution < 1.29 is 27.8 Å². The highest BCUT2D eigenvalue weighted by atomic mass is 32.2. The van der Waals surface area contributed by atoms with Gasteiger partial charge in [-0.3, -0.25) is 0 Å². The van der Waals surface area contributed by atoms with E-state index in [1.165, 1.54) is 25.3 Å². The van der Waals surface area contributed by atoms with Crippen LogP contribution in [0.1, 0.15) is 17.3 Å². The van der Waals surface area contributed by atoms with Gasteiger partial charge in [0, 0.05) is 26.2 Å². The first kappa shape index (κ1) is 18.7. The fourth-order valence-corrected chi connectivity index (χ4v) is 3.80. The first-order valence-electron chi connectivity index (χ1n) is 7.56. The third-order valence-corrected chi connectivity index (χ3v) is 5.22. The molecule has 9 heteroatoms. The lowest BCUT2D eigenvalue weighted by molar-refractivity contribution is 0.0696. The lowest BCUT2D eigenvalue weighted by Crippen LogP contribution is -2.37. The fraction of sp³-hybridized carbons (Fsp3) is 0.533. The largest absolute Gasteiger partial charge is 0.478 e. The van der Waals surface area contributed by atoms with E-state index in [2.05, 4.69) is 4.72 Å². The average Bonchev–Trinajstić information content (AvgIpc) is 2.54. The number of anilines is 1. The molecule has 134 valence electrons. The summed E-state index contributed by atoms with van der Waals surface area (Å²) < 4.78 is 37.4. The van der Waals surface area contributed by atoms with Crippen LogP contribution in [0.2, 0.25) is 0 Å². The maximum Gasteiger partial charge on any atom is 0.337 e. The second-order valence-electron chi connectivity index (χ2n) is 5.56. The van der Waals surface area contributed by atoms with Crippen molar-refractivity contribution in [3.8, 4) is 0 Å². The second-order valence-corrected chi connectivity index (χ2v) is 7.28. The number of rotatable bonds is 7.